The van der Waals surface area contributed by atoms with Gasteiger partial charge in [0.2, 0.25) is 0 Å². The van der Waals surface area contributed by atoms with Gasteiger partial charge < -0.3 is 11.1 Å². The van der Waals surface area contributed by atoms with Gasteiger partial charge in [-0.1, -0.05) is 72.8 Å². The molecule has 0 aromatic heterocycles. The Bertz CT molecular complexity index is 1260. The summed E-state index contributed by atoms with van der Waals surface area (Å²) < 4.78 is 0. The summed E-state index contributed by atoms with van der Waals surface area (Å²) in [6.45, 7) is 0. The number of rotatable bonds is 2. The smallest absolute Gasteiger partial charge is 0.189 e. The maximum Gasteiger partial charge on any atom is 0.189 e. The van der Waals surface area contributed by atoms with E-state index in [0.717, 1.165) is 12.8 Å². The maximum atomic E-state index is 6.40. The molecule has 3 heteroatoms. The molecule has 0 bridgehead atoms. The molecule has 0 heterocycles. The van der Waals surface area contributed by atoms with Crippen LogP contribution in [0.5, 0.6) is 0 Å². The van der Waals surface area contributed by atoms with Crippen LogP contribution >= 0.6 is 0 Å². The minimum absolute atomic E-state index is 0.0909. The van der Waals surface area contributed by atoms with Crippen molar-refractivity contribution in [3.8, 4) is 0 Å². The Labute approximate surface area is 163 Å². The van der Waals surface area contributed by atoms with Gasteiger partial charge in [0.25, 0.3) is 0 Å². The number of aliphatic imine (C=N–C) groups is 1. The van der Waals surface area contributed by atoms with Crippen LogP contribution in [0.15, 0.2) is 77.8 Å². The summed E-state index contributed by atoms with van der Waals surface area (Å²) in [6.07, 6.45) is 1.87. The molecule has 28 heavy (non-hydrogen) atoms. The van der Waals surface area contributed by atoms with Gasteiger partial charge >= 0.3 is 0 Å². The van der Waals surface area contributed by atoms with Gasteiger partial charge in [-0.3, -0.25) is 0 Å². The summed E-state index contributed by atoms with van der Waals surface area (Å²) in [6, 6.07) is 26.3. The van der Waals surface area contributed by atoms with Crippen molar-refractivity contribution in [1.29, 1.82) is 0 Å². The molecule has 3 N–H and O–H groups in total. The molecule has 4 aromatic rings. The summed E-state index contributed by atoms with van der Waals surface area (Å²) in [7, 11) is 0. The molecule has 0 saturated carbocycles. The molecule has 2 aliphatic carbocycles. The number of nitrogens with one attached hydrogen (secondary N) is 1. The van der Waals surface area contributed by atoms with Gasteiger partial charge in [0.1, 0.15) is 0 Å². The summed E-state index contributed by atoms with van der Waals surface area (Å²) in [5, 5.41) is 8.81. The molecule has 2 aliphatic rings. The lowest BCUT2D eigenvalue weighted by Crippen LogP contribution is -2.35. The van der Waals surface area contributed by atoms with Crippen LogP contribution in [0, 0.1) is 0 Å². The third-order valence-corrected chi connectivity index (χ3v) is 6.24. The van der Waals surface area contributed by atoms with Gasteiger partial charge in [-0.2, -0.15) is 0 Å². The van der Waals surface area contributed by atoms with E-state index in [2.05, 4.69) is 78.1 Å². The van der Waals surface area contributed by atoms with E-state index >= 15 is 0 Å². The molecular weight excluding hydrogens is 342 g/mol. The minimum Gasteiger partial charge on any atom is -0.370 e. The lowest BCUT2D eigenvalue weighted by molar-refractivity contribution is 0.653. The normalized spacial score (nSPS) is 20.2. The molecule has 0 aliphatic heterocycles. The summed E-state index contributed by atoms with van der Waals surface area (Å²) >= 11 is 0. The predicted octanol–water partition coefficient (Wildman–Crippen LogP) is 4.79. The van der Waals surface area contributed by atoms with Crippen molar-refractivity contribution in [2.24, 2.45) is 10.7 Å². The van der Waals surface area contributed by atoms with E-state index in [1.807, 2.05) is 0 Å². The fourth-order valence-corrected chi connectivity index (χ4v) is 5.08. The number of benzene rings is 4. The number of nitrogens with zero attached hydrogens (tertiary/aromatic N) is 1. The number of nitrogens with two attached hydrogens (primary N) is 1. The highest BCUT2D eigenvalue weighted by molar-refractivity contribution is 5.93. The Morgan fingerprint density at radius 1 is 0.750 bits per heavy atom. The highest BCUT2D eigenvalue weighted by atomic mass is 15.1. The zero-order valence-corrected chi connectivity index (χ0v) is 15.5. The summed E-state index contributed by atoms with van der Waals surface area (Å²) in [5.41, 5.74) is 11.8. The second kappa shape index (κ2) is 5.83. The first-order chi connectivity index (χ1) is 13.8. The van der Waals surface area contributed by atoms with E-state index in [-0.39, 0.29) is 12.1 Å². The molecule has 0 fully saturated rings. The quantitative estimate of drug-likeness (QED) is 0.397. The van der Waals surface area contributed by atoms with Crippen LogP contribution < -0.4 is 11.1 Å². The van der Waals surface area contributed by atoms with Gasteiger partial charge in [0.05, 0.1) is 12.1 Å². The van der Waals surface area contributed by atoms with Gasteiger partial charge in [0.15, 0.2) is 5.96 Å². The minimum atomic E-state index is 0.0909. The van der Waals surface area contributed by atoms with E-state index in [9.17, 15) is 0 Å². The van der Waals surface area contributed by atoms with Gasteiger partial charge in [-0.15, -0.1) is 0 Å². The SMILES string of the molecule is NC(=NC1Cc2cccc3cccc1c23)N[C@H]1Cc2cccc3cccc1c23. The molecule has 2 atom stereocenters. The molecule has 4 aromatic carbocycles. The molecular formula is C25H21N3. The van der Waals surface area contributed by atoms with Crippen LogP contribution in [-0.4, -0.2) is 5.96 Å². The predicted molar refractivity (Wildman–Crippen MR) is 116 cm³/mol. The molecule has 0 spiro atoms. The van der Waals surface area contributed by atoms with Crippen LogP contribution in [-0.2, 0) is 12.8 Å². The standard InChI is InChI=1S/C25H21N3/c26-25(27-21-13-17-9-1-5-15-7-3-11-19(21)23(15)17)28-22-14-18-10-2-6-16-8-4-12-20(22)24(16)18/h1-12,21-22H,13-14H2,(H3,26,27,28)/t21-,22?/m0/s1. The van der Waals surface area contributed by atoms with Crippen molar-refractivity contribution < 1.29 is 0 Å². The summed E-state index contributed by atoms with van der Waals surface area (Å²) in [4.78, 5) is 4.89. The van der Waals surface area contributed by atoms with Crippen LogP contribution in [0.4, 0.5) is 0 Å². The maximum absolute atomic E-state index is 6.40. The fourth-order valence-electron chi connectivity index (χ4n) is 5.08. The Kier molecular flexibility index (Phi) is 3.27. The van der Waals surface area contributed by atoms with Gasteiger partial charge in [0, 0.05) is 0 Å². The van der Waals surface area contributed by atoms with Crippen molar-refractivity contribution in [1.82, 2.24) is 5.32 Å². The molecule has 6 rings (SSSR count). The van der Waals surface area contributed by atoms with Crippen molar-refractivity contribution in [3.63, 3.8) is 0 Å². The number of hydrogen-bond acceptors (Lipinski definition) is 1. The van der Waals surface area contributed by atoms with Crippen molar-refractivity contribution in [3.05, 3.63) is 95.1 Å². The van der Waals surface area contributed by atoms with E-state index in [1.165, 1.54) is 43.8 Å². The van der Waals surface area contributed by atoms with E-state index in [4.69, 9.17) is 10.7 Å². The monoisotopic (exact) mass is 363 g/mol. The highest BCUT2D eigenvalue weighted by Crippen LogP contribution is 2.39. The second-order valence-corrected chi connectivity index (χ2v) is 7.86. The van der Waals surface area contributed by atoms with Gasteiger partial charge in [-0.05, 0) is 56.6 Å². The second-order valence-electron chi connectivity index (χ2n) is 7.86. The Balaban J connectivity index is 1.32. The van der Waals surface area contributed by atoms with E-state index in [1.54, 1.807) is 0 Å². The van der Waals surface area contributed by atoms with Crippen LogP contribution in [0.25, 0.3) is 21.5 Å². The van der Waals surface area contributed by atoms with Crippen LogP contribution in [0.1, 0.15) is 34.3 Å². The van der Waals surface area contributed by atoms with Crippen molar-refractivity contribution in [2.45, 2.75) is 24.9 Å². The third kappa shape index (κ3) is 2.26. The highest BCUT2D eigenvalue weighted by Gasteiger charge is 2.26. The Morgan fingerprint density at radius 2 is 1.32 bits per heavy atom. The number of guanidine groups is 1. The lowest BCUT2D eigenvalue weighted by Gasteiger charge is -2.16. The molecule has 0 saturated heterocycles. The van der Waals surface area contributed by atoms with Gasteiger partial charge in [-0.25, -0.2) is 4.99 Å². The first-order valence-electron chi connectivity index (χ1n) is 9.89. The average molecular weight is 363 g/mol. The van der Waals surface area contributed by atoms with E-state index in [0.29, 0.717) is 5.96 Å². The van der Waals surface area contributed by atoms with Crippen LogP contribution in [0.2, 0.25) is 0 Å². The third-order valence-electron chi connectivity index (χ3n) is 6.24. The number of hydrogen-bond donors (Lipinski definition) is 2. The first-order valence-corrected chi connectivity index (χ1v) is 9.89. The lowest BCUT2D eigenvalue weighted by atomic mass is 10.0. The zero-order chi connectivity index (χ0) is 18.7. The average Bonchev–Trinajstić information content (AvgIpc) is 3.24. The molecule has 0 radical (unpaired) electrons. The fraction of sp³-hybridized carbons (Fsp3) is 0.160. The molecule has 1 unspecified atom stereocenters. The molecule has 0 amide bonds. The summed E-state index contributed by atoms with van der Waals surface area (Å²) in [5.74, 6) is 0.532. The van der Waals surface area contributed by atoms with Crippen LogP contribution in [0.3, 0.4) is 0 Å². The van der Waals surface area contributed by atoms with Crippen molar-refractivity contribution >= 4 is 27.5 Å². The Hall–Kier alpha value is -3.33. The Morgan fingerprint density at radius 3 is 2.04 bits per heavy atom. The molecule has 3 nitrogen and oxygen atoms in total. The van der Waals surface area contributed by atoms with E-state index < -0.39 is 0 Å². The first kappa shape index (κ1) is 15.7. The zero-order valence-electron chi connectivity index (χ0n) is 15.5. The topological polar surface area (TPSA) is 50.4 Å². The largest absolute Gasteiger partial charge is 0.370 e. The van der Waals surface area contributed by atoms with Crippen molar-refractivity contribution in [2.75, 3.05) is 0 Å². The molecule has 136 valence electrons.